The van der Waals surface area contributed by atoms with Gasteiger partial charge in [0.2, 0.25) is 0 Å². The first kappa shape index (κ1) is 29.4. The third kappa shape index (κ3) is 6.46. The first-order chi connectivity index (χ1) is 17.9. The van der Waals surface area contributed by atoms with Gasteiger partial charge in [0.15, 0.2) is 11.5 Å². The van der Waals surface area contributed by atoms with Crippen LogP contribution < -0.4 is 14.8 Å². The van der Waals surface area contributed by atoms with Crippen molar-refractivity contribution in [2.24, 2.45) is 0 Å². The van der Waals surface area contributed by atoms with Crippen LogP contribution in [0.15, 0.2) is 30.3 Å². The van der Waals surface area contributed by atoms with E-state index < -0.39 is 28.9 Å². The molecule has 1 atom stereocenters. The van der Waals surface area contributed by atoms with Crippen molar-refractivity contribution in [2.45, 2.75) is 45.3 Å². The molecule has 0 unspecified atom stereocenters. The largest absolute Gasteiger partial charge is 0.487 e. The molecule has 3 aromatic rings. The molecule has 0 fully saturated rings. The van der Waals surface area contributed by atoms with E-state index in [0.717, 1.165) is 19.9 Å². The third-order valence-electron chi connectivity index (χ3n) is 5.92. The molecule has 0 saturated carbocycles. The normalized spacial score (nSPS) is 13.0. The number of methoxy groups -OCH3 is 2. The van der Waals surface area contributed by atoms with Crippen LogP contribution in [0.4, 0.5) is 19.0 Å². The Morgan fingerprint density at radius 2 is 1.58 bits per heavy atom. The Morgan fingerprint density at radius 3 is 2.16 bits per heavy atom. The lowest BCUT2D eigenvalue weighted by molar-refractivity contribution is -0.170. The summed E-state index contributed by atoms with van der Waals surface area (Å²) >= 11 is 0. The van der Waals surface area contributed by atoms with Gasteiger partial charge in [-0.1, -0.05) is 12.1 Å². The summed E-state index contributed by atoms with van der Waals surface area (Å²) in [6.07, 6.45) is 0. The fraction of sp³-hybridized carbons (Fsp3) is 0.481. The minimum absolute atomic E-state index is 0.00747. The van der Waals surface area contributed by atoms with E-state index in [0.29, 0.717) is 53.9 Å². The average molecular weight is 538 g/mol. The molecule has 208 valence electrons. The molecule has 38 heavy (non-hydrogen) atoms. The lowest BCUT2D eigenvalue weighted by Crippen LogP contribution is -2.41. The number of aryl methyl sites for hydroxylation is 1. The Balaban J connectivity index is 2.02. The highest BCUT2D eigenvalue weighted by Gasteiger charge is 2.49. The van der Waals surface area contributed by atoms with Crippen molar-refractivity contribution in [3.05, 3.63) is 53.1 Å². The second-order valence-electron chi connectivity index (χ2n) is 9.33. The van der Waals surface area contributed by atoms with Crippen molar-refractivity contribution in [3.8, 4) is 11.5 Å². The van der Waals surface area contributed by atoms with Crippen molar-refractivity contribution in [3.63, 3.8) is 0 Å². The van der Waals surface area contributed by atoms with Gasteiger partial charge in [0.25, 0.3) is 0 Å². The summed E-state index contributed by atoms with van der Waals surface area (Å²) in [6, 6.07) is 6.37. The molecule has 0 radical (unpaired) electrons. The fourth-order valence-electron chi connectivity index (χ4n) is 3.80. The molecule has 0 aliphatic heterocycles. The van der Waals surface area contributed by atoms with Gasteiger partial charge in [-0.2, -0.15) is 8.78 Å². The monoisotopic (exact) mass is 537 g/mol. The standard InChI is InChI=1S/C27H34F3N3O5/c1-16(18-8-7-9-20(24(18)28)27(29,30)26(3,4)34)31-25-19-14-22(37-12-10-35-5)23(38-13-11-36-6)15-21(19)32-17(2)33-25/h7-9,14-16,34H,10-13H2,1-6H3,(H,31,32,33)/t16-/m1/s1. The number of hydrogen-bond donors (Lipinski definition) is 2. The van der Waals surface area contributed by atoms with E-state index in [9.17, 15) is 13.9 Å². The number of alkyl halides is 2. The molecule has 0 amide bonds. The van der Waals surface area contributed by atoms with Gasteiger partial charge in [-0.3, -0.25) is 0 Å². The summed E-state index contributed by atoms with van der Waals surface area (Å²) in [4.78, 5) is 8.97. The lowest BCUT2D eigenvalue weighted by Gasteiger charge is -2.30. The molecular weight excluding hydrogens is 503 g/mol. The molecule has 1 aromatic heterocycles. The number of fused-ring (bicyclic) bond motifs is 1. The quantitative estimate of drug-likeness (QED) is 0.289. The Kier molecular flexibility index (Phi) is 9.40. The molecule has 0 saturated heterocycles. The number of hydrogen-bond acceptors (Lipinski definition) is 8. The molecule has 3 rings (SSSR count). The summed E-state index contributed by atoms with van der Waals surface area (Å²) in [7, 11) is 3.13. The summed E-state index contributed by atoms with van der Waals surface area (Å²) in [6.45, 7) is 6.50. The molecule has 0 aliphatic rings. The second kappa shape index (κ2) is 12.1. The molecule has 0 aliphatic carbocycles. The van der Waals surface area contributed by atoms with Crippen LogP contribution in [0.2, 0.25) is 0 Å². The van der Waals surface area contributed by atoms with Crippen LogP contribution in [0.5, 0.6) is 11.5 Å². The number of nitrogens with one attached hydrogen (secondary N) is 1. The third-order valence-corrected chi connectivity index (χ3v) is 5.92. The van der Waals surface area contributed by atoms with Gasteiger partial charge in [0, 0.05) is 31.2 Å². The molecule has 8 nitrogen and oxygen atoms in total. The maximum Gasteiger partial charge on any atom is 0.303 e. The summed E-state index contributed by atoms with van der Waals surface area (Å²) in [5.74, 6) is -3.24. The summed E-state index contributed by atoms with van der Waals surface area (Å²) in [5, 5.41) is 13.6. The second-order valence-corrected chi connectivity index (χ2v) is 9.33. The van der Waals surface area contributed by atoms with Crippen LogP contribution in [-0.2, 0) is 15.4 Å². The Bertz CT molecular complexity index is 1250. The highest BCUT2D eigenvalue weighted by molar-refractivity contribution is 5.92. The molecule has 2 aromatic carbocycles. The van der Waals surface area contributed by atoms with Crippen molar-refractivity contribution in [1.82, 2.24) is 9.97 Å². The van der Waals surface area contributed by atoms with Gasteiger partial charge in [-0.15, -0.1) is 0 Å². The molecule has 11 heteroatoms. The number of benzene rings is 2. The highest BCUT2D eigenvalue weighted by Crippen LogP contribution is 2.42. The zero-order valence-corrected chi connectivity index (χ0v) is 22.4. The minimum atomic E-state index is -3.81. The number of nitrogens with zero attached hydrogens (tertiary/aromatic N) is 2. The Hall–Kier alpha value is -3.15. The number of rotatable bonds is 13. The first-order valence-electron chi connectivity index (χ1n) is 12.1. The molecule has 1 heterocycles. The van der Waals surface area contributed by atoms with Crippen molar-refractivity contribution in [2.75, 3.05) is 46.0 Å². The maximum absolute atomic E-state index is 15.4. The van der Waals surface area contributed by atoms with Crippen LogP contribution in [0.3, 0.4) is 0 Å². The van der Waals surface area contributed by atoms with Crippen LogP contribution in [0, 0.1) is 12.7 Å². The van der Waals surface area contributed by atoms with Crippen LogP contribution >= 0.6 is 0 Å². The zero-order chi connectivity index (χ0) is 28.1. The maximum atomic E-state index is 15.4. The summed E-state index contributed by atoms with van der Waals surface area (Å²) < 4.78 is 66.8. The highest BCUT2D eigenvalue weighted by atomic mass is 19.3. The van der Waals surface area contributed by atoms with Gasteiger partial charge in [0.05, 0.1) is 30.3 Å². The van der Waals surface area contributed by atoms with E-state index in [1.807, 2.05) is 0 Å². The number of halogens is 3. The van der Waals surface area contributed by atoms with Crippen LogP contribution in [-0.4, -0.2) is 61.3 Å². The SMILES string of the molecule is COCCOc1cc2nc(C)nc(N[C@H](C)c3cccc(C(F)(F)C(C)(C)O)c3F)c2cc1OCCOC. The smallest absolute Gasteiger partial charge is 0.303 e. The fourth-order valence-corrected chi connectivity index (χ4v) is 3.80. The van der Waals surface area contributed by atoms with E-state index >= 15 is 4.39 Å². The van der Waals surface area contributed by atoms with Gasteiger partial charge >= 0.3 is 5.92 Å². The van der Waals surface area contributed by atoms with Crippen molar-refractivity contribution < 1.29 is 37.2 Å². The predicted octanol–water partition coefficient (Wildman–Crippen LogP) is 5.16. The van der Waals surface area contributed by atoms with E-state index in [1.165, 1.54) is 12.1 Å². The summed E-state index contributed by atoms with van der Waals surface area (Å²) in [5.41, 5.74) is -2.80. The van der Waals surface area contributed by atoms with Gasteiger partial charge < -0.3 is 29.4 Å². The number of ether oxygens (including phenoxy) is 4. The molecule has 0 bridgehead atoms. The van der Waals surface area contributed by atoms with E-state index in [4.69, 9.17) is 18.9 Å². The molecular formula is C27H34F3N3O5. The Morgan fingerprint density at radius 1 is 0.974 bits per heavy atom. The first-order valence-corrected chi connectivity index (χ1v) is 12.1. The lowest BCUT2D eigenvalue weighted by atomic mass is 9.91. The van der Waals surface area contributed by atoms with Gasteiger partial charge in [-0.05, 0) is 39.8 Å². The number of aromatic nitrogens is 2. The van der Waals surface area contributed by atoms with Crippen molar-refractivity contribution >= 4 is 16.7 Å². The average Bonchev–Trinajstić information content (AvgIpc) is 2.84. The minimum Gasteiger partial charge on any atom is -0.487 e. The topological polar surface area (TPSA) is 95.0 Å². The number of aliphatic hydroxyl groups is 1. The molecule has 0 spiro atoms. The van der Waals surface area contributed by atoms with Crippen molar-refractivity contribution in [1.29, 1.82) is 0 Å². The zero-order valence-electron chi connectivity index (χ0n) is 22.4. The van der Waals surface area contributed by atoms with Gasteiger partial charge in [-0.25, -0.2) is 14.4 Å². The van der Waals surface area contributed by atoms with E-state index in [-0.39, 0.29) is 12.2 Å². The Labute approximate surface area is 220 Å². The van der Waals surface area contributed by atoms with Crippen LogP contribution in [0.1, 0.15) is 43.8 Å². The van der Waals surface area contributed by atoms with Crippen LogP contribution in [0.25, 0.3) is 10.9 Å². The number of anilines is 1. The van der Waals surface area contributed by atoms with E-state index in [1.54, 1.807) is 40.2 Å². The predicted molar refractivity (Wildman–Crippen MR) is 138 cm³/mol. The van der Waals surface area contributed by atoms with E-state index in [2.05, 4.69) is 15.3 Å². The molecule has 2 N–H and O–H groups in total. The van der Waals surface area contributed by atoms with Gasteiger partial charge in [0.1, 0.15) is 36.3 Å².